The topological polar surface area (TPSA) is 33.6 Å². The summed E-state index contributed by atoms with van der Waals surface area (Å²) in [6.07, 6.45) is 4.04. The first-order chi connectivity index (χ1) is 7.27. The molecule has 0 amide bonds. The molecule has 3 nitrogen and oxygen atoms in total. The van der Waals surface area contributed by atoms with Gasteiger partial charge in [-0.1, -0.05) is 6.07 Å². The molecule has 2 aromatic heterocycles. The van der Waals surface area contributed by atoms with E-state index >= 15 is 0 Å². The molecule has 3 aromatic rings. The normalized spacial score (nSPS) is 11.9. The summed E-state index contributed by atoms with van der Waals surface area (Å²) in [6.45, 7) is 4.39. The van der Waals surface area contributed by atoms with E-state index in [0.717, 1.165) is 5.52 Å². The van der Waals surface area contributed by atoms with Crippen LogP contribution in [0.4, 0.5) is 0 Å². The summed E-state index contributed by atoms with van der Waals surface area (Å²) in [4.78, 5) is 0. The Kier molecular flexibility index (Phi) is 1.63. The highest BCUT2D eigenvalue weighted by Gasteiger charge is 2.08. The number of nitrogens with zero attached hydrogens (tertiary/aromatic N) is 2. The smallest absolute Gasteiger partial charge is 0.0671 e. The first-order valence-electron chi connectivity index (χ1n) is 5.20. The van der Waals surface area contributed by atoms with Crippen molar-refractivity contribution in [2.75, 3.05) is 0 Å². The van der Waals surface area contributed by atoms with E-state index in [9.17, 15) is 0 Å². The molecular formula is C12H13N3. The summed E-state index contributed by atoms with van der Waals surface area (Å²) in [6, 6.07) is 6.84. The Hall–Kier alpha value is -1.77. The number of aromatic amines is 1. The van der Waals surface area contributed by atoms with Gasteiger partial charge in [0, 0.05) is 23.0 Å². The van der Waals surface area contributed by atoms with Crippen molar-refractivity contribution in [2.45, 2.75) is 19.9 Å². The number of H-pyrrole nitrogens is 1. The van der Waals surface area contributed by atoms with Crippen LogP contribution in [0.25, 0.3) is 21.8 Å². The summed E-state index contributed by atoms with van der Waals surface area (Å²) >= 11 is 0. The third kappa shape index (κ3) is 1.09. The van der Waals surface area contributed by atoms with E-state index in [1.807, 2.05) is 6.20 Å². The molecule has 0 radical (unpaired) electrons. The van der Waals surface area contributed by atoms with Gasteiger partial charge in [-0.2, -0.15) is 5.10 Å². The minimum atomic E-state index is 0.475. The van der Waals surface area contributed by atoms with E-state index in [1.54, 1.807) is 0 Å². The van der Waals surface area contributed by atoms with Gasteiger partial charge in [-0.05, 0) is 26.0 Å². The van der Waals surface area contributed by atoms with E-state index in [0.29, 0.717) is 6.04 Å². The van der Waals surface area contributed by atoms with Crippen molar-refractivity contribution >= 4 is 21.8 Å². The molecule has 0 aliphatic carbocycles. The zero-order chi connectivity index (χ0) is 10.4. The summed E-state index contributed by atoms with van der Waals surface area (Å²) in [5.41, 5.74) is 2.37. The van der Waals surface area contributed by atoms with Crippen LogP contribution in [-0.2, 0) is 0 Å². The van der Waals surface area contributed by atoms with Crippen LogP contribution in [0.15, 0.2) is 30.6 Å². The van der Waals surface area contributed by atoms with Crippen LogP contribution >= 0.6 is 0 Å². The molecule has 0 aliphatic heterocycles. The molecule has 1 aromatic carbocycles. The largest absolute Gasteiger partial charge is 0.344 e. The minimum Gasteiger partial charge on any atom is -0.344 e. The second-order valence-corrected chi connectivity index (χ2v) is 4.15. The highest BCUT2D eigenvalue weighted by atomic mass is 15.1. The molecule has 0 saturated carbocycles. The van der Waals surface area contributed by atoms with Crippen LogP contribution < -0.4 is 0 Å². The van der Waals surface area contributed by atoms with Gasteiger partial charge in [-0.3, -0.25) is 5.10 Å². The SMILES string of the molecule is CC(C)n1ccc2ccc3[nH]ncc3c21. The van der Waals surface area contributed by atoms with Crippen LogP contribution in [0.3, 0.4) is 0 Å². The molecule has 0 spiro atoms. The molecule has 3 heteroatoms. The lowest BCUT2D eigenvalue weighted by atomic mass is 10.2. The second-order valence-electron chi connectivity index (χ2n) is 4.15. The Labute approximate surface area is 87.7 Å². The van der Waals surface area contributed by atoms with E-state index in [2.05, 4.69) is 53.0 Å². The third-order valence-corrected chi connectivity index (χ3v) is 2.86. The lowest BCUT2D eigenvalue weighted by Gasteiger charge is -2.09. The molecule has 76 valence electrons. The van der Waals surface area contributed by atoms with E-state index in [-0.39, 0.29) is 0 Å². The first kappa shape index (κ1) is 8.53. The van der Waals surface area contributed by atoms with Gasteiger partial charge in [-0.15, -0.1) is 0 Å². The molecule has 0 unspecified atom stereocenters. The van der Waals surface area contributed by atoms with Crippen molar-refractivity contribution in [3.63, 3.8) is 0 Å². The predicted octanol–water partition coefficient (Wildman–Crippen LogP) is 3.10. The summed E-state index contributed by atoms with van der Waals surface area (Å²) in [7, 11) is 0. The van der Waals surface area contributed by atoms with Gasteiger partial charge in [0.25, 0.3) is 0 Å². The Morgan fingerprint density at radius 1 is 1.27 bits per heavy atom. The number of fused-ring (bicyclic) bond motifs is 3. The zero-order valence-corrected chi connectivity index (χ0v) is 8.86. The Morgan fingerprint density at radius 2 is 2.13 bits per heavy atom. The molecule has 1 N–H and O–H groups in total. The maximum atomic E-state index is 4.09. The molecule has 0 fully saturated rings. The first-order valence-corrected chi connectivity index (χ1v) is 5.20. The summed E-state index contributed by atoms with van der Waals surface area (Å²) in [5, 5.41) is 9.57. The quantitative estimate of drug-likeness (QED) is 0.642. The Bertz CT molecular complexity index is 616. The van der Waals surface area contributed by atoms with Crippen LogP contribution in [0.1, 0.15) is 19.9 Å². The lowest BCUT2D eigenvalue weighted by Crippen LogP contribution is -1.97. The van der Waals surface area contributed by atoms with Crippen LogP contribution in [0, 0.1) is 0 Å². The van der Waals surface area contributed by atoms with Crippen LogP contribution in [0.2, 0.25) is 0 Å². The van der Waals surface area contributed by atoms with Crippen LogP contribution in [-0.4, -0.2) is 14.8 Å². The van der Waals surface area contributed by atoms with Crippen molar-refractivity contribution in [1.82, 2.24) is 14.8 Å². The number of rotatable bonds is 1. The number of hydrogen-bond donors (Lipinski definition) is 1. The highest BCUT2D eigenvalue weighted by molar-refractivity contribution is 6.04. The number of nitrogens with one attached hydrogen (secondary N) is 1. The monoisotopic (exact) mass is 199 g/mol. The fraction of sp³-hybridized carbons (Fsp3) is 0.250. The van der Waals surface area contributed by atoms with Gasteiger partial charge < -0.3 is 4.57 Å². The standard InChI is InChI=1S/C12H13N3/c1-8(2)15-6-5-9-3-4-11-10(12(9)15)7-13-14-11/h3-8H,1-2H3,(H,13,14). The molecule has 0 bridgehead atoms. The maximum absolute atomic E-state index is 4.09. The fourth-order valence-electron chi connectivity index (χ4n) is 2.11. The summed E-state index contributed by atoms with van der Waals surface area (Å²) < 4.78 is 2.28. The average Bonchev–Trinajstić information content (AvgIpc) is 2.82. The van der Waals surface area contributed by atoms with Gasteiger partial charge in [0.15, 0.2) is 0 Å². The lowest BCUT2D eigenvalue weighted by molar-refractivity contribution is 0.624. The maximum Gasteiger partial charge on any atom is 0.0671 e. The second kappa shape index (κ2) is 2.86. The average molecular weight is 199 g/mol. The van der Waals surface area contributed by atoms with Crippen LogP contribution in [0.5, 0.6) is 0 Å². The Balaban J connectivity index is 2.52. The molecule has 0 atom stereocenters. The van der Waals surface area contributed by atoms with Crippen molar-refractivity contribution in [2.24, 2.45) is 0 Å². The van der Waals surface area contributed by atoms with Gasteiger partial charge in [-0.25, -0.2) is 0 Å². The molecule has 0 aliphatic rings. The van der Waals surface area contributed by atoms with Crippen molar-refractivity contribution in [1.29, 1.82) is 0 Å². The summed E-state index contributed by atoms with van der Waals surface area (Å²) in [5.74, 6) is 0. The highest BCUT2D eigenvalue weighted by Crippen LogP contribution is 2.27. The van der Waals surface area contributed by atoms with Crippen molar-refractivity contribution in [3.8, 4) is 0 Å². The van der Waals surface area contributed by atoms with E-state index < -0.39 is 0 Å². The van der Waals surface area contributed by atoms with Gasteiger partial charge in [0.05, 0.1) is 17.2 Å². The number of hydrogen-bond acceptors (Lipinski definition) is 1. The fourth-order valence-corrected chi connectivity index (χ4v) is 2.11. The molecular weight excluding hydrogens is 186 g/mol. The molecule has 2 heterocycles. The van der Waals surface area contributed by atoms with E-state index in [1.165, 1.54) is 16.3 Å². The molecule has 15 heavy (non-hydrogen) atoms. The van der Waals surface area contributed by atoms with Crippen molar-refractivity contribution in [3.05, 3.63) is 30.6 Å². The van der Waals surface area contributed by atoms with Gasteiger partial charge in [0.1, 0.15) is 0 Å². The third-order valence-electron chi connectivity index (χ3n) is 2.86. The van der Waals surface area contributed by atoms with E-state index in [4.69, 9.17) is 0 Å². The molecule has 0 saturated heterocycles. The van der Waals surface area contributed by atoms with Gasteiger partial charge in [0.2, 0.25) is 0 Å². The minimum absolute atomic E-state index is 0.475. The zero-order valence-electron chi connectivity index (χ0n) is 8.86. The number of aromatic nitrogens is 3. The predicted molar refractivity (Wildman–Crippen MR) is 62.0 cm³/mol. The van der Waals surface area contributed by atoms with Crippen molar-refractivity contribution < 1.29 is 0 Å². The Morgan fingerprint density at radius 3 is 2.93 bits per heavy atom. The number of benzene rings is 1. The van der Waals surface area contributed by atoms with Gasteiger partial charge >= 0.3 is 0 Å². The molecule has 3 rings (SSSR count).